The van der Waals surface area contributed by atoms with Crippen LogP contribution in [0.1, 0.15) is 24.8 Å². The number of alkyl halides is 3. The van der Waals surface area contributed by atoms with Crippen LogP contribution in [0.4, 0.5) is 13.2 Å². The Hall–Kier alpha value is -0.720. The van der Waals surface area contributed by atoms with Gasteiger partial charge in [0.15, 0.2) is 0 Å². The summed E-state index contributed by atoms with van der Waals surface area (Å²) < 4.78 is 36.8. The molecule has 1 aliphatic rings. The minimum atomic E-state index is -4.22. The van der Waals surface area contributed by atoms with Crippen molar-refractivity contribution in [1.29, 1.82) is 0 Å². The predicted molar refractivity (Wildman–Crippen MR) is 80.0 cm³/mol. The smallest absolute Gasteiger partial charge is 0.330 e. The molecule has 0 amide bonds. The van der Waals surface area contributed by atoms with Crippen LogP contribution in [0.2, 0.25) is 0 Å². The van der Waals surface area contributed by atoms with E-state index in [-0.39, 0.29) is 16.7 Å². The van der Waals surface area contributed by atoms with Crippen LogP contribution >= 0.6 is 11.8 Å². The molecule has 2 nitrogen and oxygen atoms in total. The van der Waals surface area contributed by atoms with E-state index < -0.39 is 5.51 Å². The Bertz CT molecular complexity index is 432. The third kappa shape index (κ3) is 5.88. The molecule has 1 unspecified atom stereocenters. The van der Waals surface area contributed by atoms with Gasteiger partial charge in [0.2, 0.25) is 0 Å². The average molecular weight is 318 g/mol. The van der Waals surface area contributed by atoms with Crippen LogP contribution < -0.4 is 5.73 Å². The summed E-state index contributed by atoms with van der Waals surface area (Å²) in [7, 11) is 0. The first-order chi connectivity index (χ1) is 9.96. The topological polar surface area (TPSA) is 29.3 Å². The molecule has 1 aromatic rings. The van der Waals surface area contributed by atoms with E-state index in [2.05, 4.69) is 4.90 Å². The van der Waals surface area contributed by atoms with E-state index in [1.807, 2.05) is 0 Å². The number of piperidine rings is 1. The number of nitrogens with zero attached hydrogens (tertiary/aromatic N) is 1. The van der Waals surface area contributed by atoms with Crippen molar-refractivity contribution in [1.82, 2.24) is 4.90 Å². The molecule has 0 saturated carbocycles. The predicted octanol–water partition coefficient (Wildman–Crippen LogP) is 3.86. The highest BCUT2D eigenvalue weighted by molar-refractivity contribution is 8.00. The van der Waals surface area contributed by atoms with Gasteiger partial charge in [-0.2, -0.15) is 13.2 Å². The van der Waals surface area contributed by atoms with Gasteiger partial charge in [0.05, 0.1) is 0 Å². The van der Waals surface area contributed by atoms with Crippen molar-refractivity contribution in [2.45, 2.75) is 36.2 Å². The summed E-state index contributed by atoms with van der Waals surface area (Å²) in [5.74, 6) is 0.656. The third-order valence-electron chi connectivity index (χ3n) is 3.74. The second-order valence-corrected chi connectivity index (χ2v) is 6.65. The summed E-state index contributed by atoms with van der Waals surface area (Å²) >= 11 is -0.0650. The van der Waals surface area contributed by atoms with Gasteiger partial charge in [-0.1, -0.05) is 12.1 Å². The van der Waals surface area contributed by atoms with Crippen LogP contribution in [-0.2, 0) is 6.54 Å². The van der Waals surface area contributed by atoms with Crippen LogP contribution in [0, 0.1) is 5.92 Å². The largest absolute Gasteiger partial charge is 0.446 e. The number of hydrogen-bond donors (Lipinski definition) is 1. The second kappa shape index (κ2) is 7.51. The van der Waals surface area contributed by atoms with Crippen molar-refractivity contribution >= 4 is 11.8 Å². The Labute approximate surface area is 127 Å². The minimum absolute atomic E-state index is 0.0650. The van der Waals surface area contributed by atoms with E-state index in [4.69, 9.17) is 5.73 Å². The van der Waals surface area contributed by atoms with Gasteiger partial charge in [-0.3, -0.25) is 4.90 Å². The van der Waals surface area contributed by atoms with Crippen molar-refractivity contribution in [3.8, 4) is 0 Å². The lowest BCUT2D eigenvalue weighted by atomic mass is 9.94. The Morgan fingerprint density at radius 2 is 1.95 bits per heavy atom. The molecule has 1 saturated heterocycles. The van der Waals surface area contributed by atoms with Crippen molar-refractivity contribution < 1.29 is 13.2 Å². The molecule has 0 aromatic heterocycles. The number of likely N-dealkylation sites (tertiary alicyclic amines) is 1. The summed E-state index contributed by atoms with van der Waals surface area (Å²) in [5.41, 5.74) is 2.46. The van der Waals surface area contributed by atoms with E-state index in [0.717, 1.165) is 38.2 Å². The van der Waals surface area contributed by atoms with E-state index in [0.29, 0.717) is 5.92 Å². The van der Waals surface area contributed by atoms with Gasteiger partial charge >= 0.3 is 5.51 Å². The molecule has 6 heteroatoms. The normalized spacial score (nSPS) is 20.7. The maximum atomic E-state index is 12.3. The Morgan fingerprint density at radius 3 is 2.57 bits per heavy atom. The fourth-order valence-corrected chi connectivity index (χ4v) is 3.36. The maximum Gasteiger partial charge on any atom is 0.446 e. The van der Waals surface area contributed by atoms with Gasteiger partial charge in [-0.15, -0.1) is 0 Å². The van der Waals surface area contributed by atoms with Crippen LogP contribution in [-0.4, -0.2) is 30.0 Å². The highest BCUT2D eigenvalue weighted by Crippen LogP contribution is 2.36. The van der Waals surface area contributed by atoms with Crippen LogP contribution in [0.25, 0.3) is 0 Å². The van der Waals surface area contributed by atoms with Crippen LogP contribution in [0.15, 0.2) is 29.2 Å². The van der Waals surface area contributed by atoms with Crippen molar-refractivity contribution in [2.24, 2.45) is 11.7 Å². The summed E-state index contributed by atoms with van der Waals surface area (Å²) in [4.78, 5) is 2.61. The van der Waals surface area contributed by atoms with Gasteiger partial charge in [-0.05, 0) is 67.7 Å². The second-order valence-electron chi connectivity index (χ2n) is 5.51. The molecule has 0 bridgehead atoms. The molecule has 21 heavy (non-hydrogen) atoms. The maximum absolute atomic E-state index is 12.3. The fraction of sp³-hybridized carbons (Fsp3) is 0.600. The highest BCUT2D eigenvalue weighted by Gasteiger charge is 2.29. The molecule has 0 radical (unpaired) electrons. The molecule has 118 valence electrons. The number of thioether (sulfide) groups is 1. The number of nitrogens with two attached hydrogens (primary N) is 1. The molecule has 2 N–H and O–H groups in total. The summed E-state index contributed by atoms with van der Waals surface area (Å²) in [5, 5.41) is 0. The quantitative estimate of drug-likeness (QED) is 0.836. The average Bonchev–Trinajstić information content (AvgIpc) is 2.40. The third-order valence-corrected chi connectivity index (χ3v) is 4.48. The van der Waals surface area contributed by atoms with Crippen molar-refractivity contribution in [2.75, 3.05) is 19.6 Å². The van der Waals surface area contributed by atoms with Crippen LogP contribution in [0.3, 0.4) is 0 Å². The first kappa shape index (κ1) is 16.6. The number of halogens is 3. The molecule has 1 fully saturated rings. The molecular weight excluding hydrogens is 297 g/mol. The SMILES string of the molecule is NCCC1CCCN(Cc2ccc(SC(F)(F)F)cc2)C1. The highest BCUT2D eigenvalue weighted by atomic mass is 32.2. The summed E-state index contributed by atoms with van der Waals surface area (Å²) in [6.45, 7) is 3.62. The van der Waals surface area contributed by atoms with E-state index in [9.17, 15) is 13.2 Å². The lowest BCUT2D eigenvalue weighted by Crippen LogP contribution is -2.35. The number of benzene rings is 1. The van der Waals surface area contributed by atoms with Crippen molar-refractivity contribution in [3.63, 3.8) is 0 Å². The first-order valence-corrected chi connectivity index (χ1v) is 8.05. The fourth-order valence-electron chi connectivity index (χ4n) is 2.82. The lowest BCUT2D eigenvalue weighted by molar-refractivity contribution is -0.0328. The Kier molecular flexibility index (Phi) is 5.96. The Morgan fingerprint density at radius 1 is 1.24 bits per heavy atom. The molecule has 0 spiro atoms. The van der Waals surface area contributed by atoms with Gasteiger partial charge < -0.3 is 5.73 Å². The van der Waals surface area contributed by atoms with E-state index in [1.54, 1.807) is 24.3 Å². The first-order valence-electron chi connectivity index (χ1n) is 7.23. The van der Waals surface area contributed by atoms with Gasteiger partial charge in [-0.25, -0.2) is 0 Å². The summed E-state index contributed by atoms with van der Waals surface area (Å²) in [6.07, 6.45) is 3.46. The molecule has 0 aliphatic carbocycles. The van der Waals surface area contributed by atoms with E-state index >= 15 is 0 Å². The van der Waals surface area contributed by atoms with Crippen molar-refractivity contribution in [3.05, 3.63) is 29.8 Å². The molecule has 1 aliphatic heterocycles. The molecule has 1 aromatic carbocycles. The lowest BCUT2D eigenvalue weighted by Gasteiger charge is -2.32. The van der Waals surface area contributed by atoms with Gasteiger partial charge in [0.1, 0.15) is 0 Å². The molecule has 1 heterocycles. The molecule has 2 rings (SSSR count). The van der Waals surface area contributed by atoms with Crippen LogP contribution in [0.5, 0.6) is 0 Å². The number of hydrogen-bond acceptors (Lipinski definition) is 3. The van der Waals surface area contributed by atoms with Gasteiger partial charge in [0.25, 0.3) is 0 Å². The van der Waals surface area contributed by atoms with Gasteiger partial charge in [0, 0.05) is 18.0 Å². The minimum Gasteiger partial charge on any atom is -0.330 e. The molecular formula is C15H21F3N2S. The zero-order valence-electron chi connectivity index (χ0n) is 11.9. The number of rotatable bonds is 5. The standard InChI is InChI=1S/C15H21F3N2S/c16-15(17,18)21-14-5-3-13(4-6-14)11-20-9-1-2-12(10-20)7-8-19/h3-6,12H,1-2,7-11,19H2. The zero-order valence-corrected chi connectivity index (χ0v) is 12.7. The van der Waals surface area contributed by atoms with E-state index in [1.165, 1.54) is 12.8 Å². The summed E-state index contributed by atoms with van der Waals surface area (Å²) in [6, 6.07) is 6.69. The zero-order chi connectivity index (χ0) is 15.3. The molecule has 1 atom stereocenters. The Balaban J connectivity index is 1.88. The monoisotopic (exact) mass is 318 g/mol.